The molecule has 34 heavy (non-hydrogen) atoms. The standard InChI is InChI=1S/C25H27N5O4/c1-4-32-23(31)6-5-11-30-21-9-7-17(12-20(21)15-27-30)24-28-25(34-29-24)18-8-10-22(33-16(2)3)19(13-18)14-26/h7-10,12-16,26H,4-6,11H2,1-3H3. The third-order valence-corrected chi connectivity index (χ3v) is 5.16. The van der Waals surface area contributed by atoms with Crippen LogP contribution >= 0.6 is 0 Å². The Kier molecular flexibility index (Phi) is 7.01. The summed E-state index contributed by atoms with van der Waals surface area (Å²) in [7, 11) is 0. The highest BCUT2D eigenvalue weighted by Crippen LogP contribution is 2.28. The van der Waals surface area contributed by atoms with Crippen molar-refractivity contribution in [1.29, 1.82) is 5.41 Å². The quantitative estimate of drug-likeness (QED) is 0.264. The summed E-state index contributed by atoms with van der Waals surface area (Å²) < 4.78 is 18.1. The van der Waals surface area contributed by atoms with E-state index in [0.717, 1.165) is 16.5 Å². The van der Waals surface area contributed by atoms with E-state index >= 15 is 0 Å². The highest BCUT2D eigenvalue weighted by atomic mass is 16.5. The lowest BCUT2D eigenvalue weighted by Gasteiger charge is -2.12. The van der Waals surface area contributed by atoms with Gasteiger partial charge < -0.3 is 19.4 Å². The van der Waals surface area contributed by atoms with Gasteiger partial charge in [0.25, 0.3) is 5.89 Å². The summed E-state index contributed by atoms with van der Waals surface area (Å²) in [5, 5.41) is 17.2. The van der Waals surface area contributed by atoms with E-state index in [1.807, 2.05) is 48.9 Å². The van der Waals surface area contributed by atoms with Crippen LogP contribution in [-0.4, -0.2) is 44.8 Å². The van der Waals surface area contributed by atoms with Crippen molar-refractivity contribution in [1.82, 2.24) is 19.9 Å². The normalized spacial score (nSPS) is 11.2. The molecule has 4 aromatic rings. The number of hydrogen-bond donors (Lipinski definition) is 1. The van der Waals surface area contributed by atoms with Crippen LogP contribution in [0.5, 0.6) is 5.75 Å². The monoisotopic (exact) mass is 461 g/mol. The summed E-state index contributed by atoms with van der Waals surface area (Å²) in [4.78, 5) is 16.1. The van der Waals surface area contributed by atoms with E-state index in [-0.39, 0.29) is 12.1 Å². The fourth-order valence-corrected chi connectivity index (χ4v) is 3.62. The fraction of sp³-hybridized carbons (Fsp3) is 0.320. The zero-order chi connectivity index (χ0) is 24.1. The number of aryl methyl sites for hydroxylation is 1. The molecule has 0 unspecified atom stereocenters. The number of carbonyl (C=O) groups is 1. The Morgan fingerprint density at radius 2 is 2.03 bits per heavy atom. The zero-order valence-corrected chi connectivity index (χ0v) is 19.4. The Bertz CT molecular complexity index is 1310. The van der Waals surface area contributed by atoms with Gasteiger partial charge in [0, 0.05) is 41.3 Å². The third kappa shape index (κ3) is 5.14. The SMILES string of the molecule is CCOC(=O)CCCn1ncc2cc(-c3noc(-c4ccc(OC(C)C)c(C=N)c4)n3)ccc21. The second kappa shape index (κ2) is 10.3. The molecule has 2 aromatic heterocycles. The van der Waals surface area contributed by atoms with E-state index in [1.54, 1.807) is 19.2 Å². The lowest BCUT2D eigenvalue weighted by atomic mass is 10.1. The van der Waals surface area contributed by atoms with Gasteiger partial charge in [0.05, 0.1) is 24.4 Å². The largest absolute Gasteiger partial charge is 0.490 e. The van der Waals surface area contributed by atoms with Gasteiger partial charge in [-0.3, -0.25) is 9.48 Å². The molecule has 176 valence electrons. The molecule has 0 saturated heterocycles. The molecule has 0 saturated carbocycles. The predicted molar refractivity (Wildman–Crippen MR) is 128 cm³/mol. The summed E-state index contributed by atoms with van der Waals surface area (Å²) in [5.74, 6) is 1.28. The van der Waals surface area contributed by atoms with Crippen LogP contribution in [-0.2, 0) is 16.1 Å². The molecular formula is C25H27N5O4. The highest BCUT2D eigenvalue weighted by Gasteiger charge is 2.15. The molecule has 0 fully saturated rings. The number of rotatable bonds is 10. The lowest BCUT2D eigenvalue weighted by Crippen LogP contribution is -2.07. The van der Waals surface area contributed by atoms with Gasteiger partial charge in [-0.25, -0.2) is 0 Å². The number of ether oxygens (including phenoxy) is 2. The Hall–Kier alpha value is -4.01. The van der Waals surface area contributed by atoms with Crippen molar-refractivity contribution in [2.45, 2.75) is 46.3 Å². The molecule has 0 aliphatic carbocycles. The van der Waals surface area contributed by atoms with Crippen molar-refractivity contribution in [3.63, 3.8) is 0 Å². The van der Waals surface area contributed by atoms with Crippen molar-refractivity contribution in [3.05, 3.63) is 48.2 Å². The van der Waals surface area contributed by atoms with Crippen molar-refractivity contribution in [2.24, 2.45) is 0 Å². The average molecular weight is 462 g/mol. The molecule has 2 heterocycles. The first-order chi connectivity index (χ1) is 16.5. The molecular weight excluding hydrogens is 434 g/mol. The molecule has 0 aliphatic heterocycles. The van der Waals surface area contributed by atoms with Crippen LogP contribution in [0, 0.1) is 5.41 Å². The minimum absolute atomic E-state index is 0.0106. The summed E-state index contributed by atoms with van der Waals surface area (Å²) in [6.45, 7) is 6.70. The van der Waals surface area contributed by atoms with Gasteiger partial charge in [-0.15, -0.1) is 0 Å². The molecule has 0 spiro atoms. The van der Waals surface area contributed by atoms with Crippen LogP contribution in [0.25, 0.3) is 33.7 Å². The maximum absolute atomic E-state index is 11.5. The first-order valence-electron chi connectivity index (χ1n) is 11.2. The van der Waals surface area contributed by atoms with Crippen LogP contribution in [0.2, 0.25) is 0 Å². The van der Waals surface area contributed by atoms with Crippen molar-refractivity contribution in [2.75, 3.05) is 6.61 Å². The van der Waals surface area contributed by atoms with Gasteiger partial charge in [-0.1, -0.05) is 5.16 Å². The molecule has 0 aliphatic rings. The van der Waals surface area contributed by atoms with E-state index < -0.39 is 0 Å². The molecule has 4 rings (SSSR count). The molecule has 0 radical (unpaired) electrons. The molecule has 9 nitrogen and oxygen atoms in total. The molecule has 9 heteroatoms. The molecule has 0 atom stereocenters. The van der Waals surface area contributed by atoms with E-state index in [0.29, 0.717) is 54.6 Å². The van der Waals surface area contributed by atoms with Gasteiger partial charge in [0.2, 0.25) is 5.82 Å². The summed E-state index contributed by atoms with van der Waals surface area (Å²) in [5.41, 5.74) is 3.12. The minimum atomic E-state index is -0.191. The molecule has 0 bridgehead atoms. The molecule has 2 aromatic carbocycles. The number of nitrogens with one attached hydrogen (secondary N) is 1. The van der Waals surface area contributed by atoms with Crippen LogP contribution in [0.1, 0.15) is 39.2 Å². The topological polar surface area (TPSA) is 116 Å². The Morgan fingerprint density at radius 3 is 2.79 bits per heavy atom. The Labute approximate surface area is 197 Å². The van der Waals surface area contributed by atoms with E-state index in [1.165, 1.54) is 6.21 Å². The number of carbonyl (C=O) groups excluding carboxylic acids is 1. The van der Waals surface area contributed by atoms with Gasteiger partial charge in [-0.2, -0.15) is 10.1 Å². The number of fused-ring (bicyclic) bond motifs is 1. The number of aromatic nitrogens is 4. The van der Waals surface area contributed by atoms with Crippen LogP contribution in [0.15, 0.2) is 47.1 Å². The van der Waals surface area contributed by atoms with E-state index in [9.17, 15) is 4.79 Å². The first-order valence-corrected chi connectivity index (χ1v) is 11.2. The van der Waals surface area contributed by atoms with Crippen molar-refractivity contribution < 1.29 is 18.8 Å². The van der Waals surface area contributed by atoms with Gasteiger partial charge >= 0.3 is 5.97 Å². The smallest absolute Gasteiger partial charge is 0.305 e. The Morgan fingerprint density at radius 1 is 1.21 bits per heavy atom. The molecule has 0 amide bonds. The average Bonchev–Trinajstić information content (AvgIpc) is 3.46. The van der Waals surface area contributed by atoms with Crippen LogP contribution in [0.4, 0.5) is 0 Å². The number of nitrogens with zero attached hydrogens (tertiary/aromatic N) is 4. The Balaban J connectivity index is 1.51. The van der Waals surface area contributed by atoms with Gasteiger partial charge in [0.1, 0.15) is 5.75 Å². The van der Waals surface area contributed by atoms with E-state index in [2.05, 4.69) is 15.2 Å². The van der Waals surface area contributed by atoms with Crippen LogP contribution in [0.3, 0.4) is 0 Å². The maximum atomic E-state index is 11.5. The van der Waals surface area contributed by atoms with Crippen molar-refractivity contribution >= 4 is 23.1 Å². The zero-order valence-electron chi connectivity index (χ0n) is 19.4. The second-order valence-corrected chi connectivity index (χ2v) is 8.04. The number of esters is 1. The third-order valence-electron chi connectivity index (χ3n) is 5.16. The maximum Gasteiger partial charge on any atom is 0.305 e. The summed E-state index contributed by atoms with van der Waals surface area (Å²) in [6, 6.07) is 11.3. The van der Waals surface area contributed by atoms with Gasteiger partial charge in [-0.05, 0) is 63.6 Å². The van der Waals surface area contributed by atoms with Crippen LogP contribution < -0.4 is 4.74 Å². The highest BCUT2D eigenvalue weighted by molar-refractivity contribution is 5.85. The lowest BCUT2D eigenvalue weighted by molar-refractivity contribution is -0.143. The number of hydrogen-bond acceptors (Lipinski definition) is 8. The summed E-state index contributed by atoms with van der Waals surface area (Å²) in [6.07, 6.45) is 4.06. The number of benzene rings is 2. The second-order valence-electron chi connectivity index (χ2n) is 8.04. The van der Waals surface area contributed by atoms with Crippen molar-refractivity contribution in [3.8, 4) is 28.6 Å². The fourth-order valence-electron chi connectivity index (χ4n) is 3.62. The van der Waals surface area contributed by atoms with Gasteiger partial charge in [0.15, 0.2) is 0 Å². The summed E-state index contributed by atoms with van der Waals surface area (Å²) >= 11 is 0. The predicted octanol–water partition coefficient (Wildman–Crippen LogP) is 4.88. The first kappa shape index (κ1) is 23.2. The van der Waals surface area contributed by atoms with E-state index in [4.69, 9.17) is 19.4 Å². The molecule has 1 N–H and O–H groups in total. The minimum Gasteiger partial charge on any atom is -0.490 e.